The Morgan fingerprint density at radius 2 is 2.05 bits per heavy atom. The zero-order valence-corrected chi connectivity index (χ0v) is 12.5. The summed E-state index contributed by atoms with van der Waals surface area (Å²) in [4.78, 5) is 16.3. The number of amides is 1. The van der Waals surface area contributed by atoms with Gasteiger partial charge in [0.15, 0.2) is 0 Å². The highest BCUT2D eigenvalue weighted by Crippen LogP contribution is 2.23. The number of hydrogen-bond donors (Lipinski definition) is 1. The molecule has 3 atom stereocenters. The number of aliphatic hydroxyl groups is 1. The minimum absolute atomic E-state index is 0.0366. The molecule has 1 saturated heterocycles. The fourth-order valence-corrected chi connectivity index (χ4v) is 2.80. The maximum absolute atomic E-state index is 12.5. The summed E-state index contributed by atoms with van der Waals surface area (Å²) in [6, 6.07) is 9.23. The SMILES string of the molecule is C[C@@H]([C@H](O)c1ccccc1)N(C)C(=O)[C@@H]1CCCN1C. The Morgan fingerprint density at radius 1 is 1.40 bits per heavy atom. The third kappa shape index (κ3) is 3.02. The van der Waals surface area contributed by atoms with Crippen LogP contribution in [-0.4, -0.2) is 53.5 Å². The van der Waals surface area contributed by atoms with Crippen molar-refractivity contribution in [1.82, 2.24) is 9.80 Å². The standard InChI is InChI=1S/C16H24N2O2/c1-12(15(19)13-8-5-4-6-9-13)18(3)16(20)14-10-7-11-17(14)2/h4-6,8-9,12,14-15,19H,7,10-11H2,1-3H3/t12-,14-,15-/m0/s1. The first kappa shape index (κ1) is 15.0. The Kier molecular flexibility index (Phi) is 4.78. The van der Waals surface area contributed by atoms with Crippen LogP contribution in [0.15, 0.2) is 30.3 Å². The number of benzene rings is 1. The van der Waals surface area contributed by atoms with Gasteiger partial charge in [0.05, 0.1) is 18.2 Å². The summed E-state index contributed by atoms with van der Waals surface area (Å²) >= 11 is 0. The van der Waals surface area contributed by atoms with Crippen LogP contribution in [0.4, 0.5) is 0 Å². The van der Waals surface area contributed by atoms with Crippen LogP contribution in [0.1, 0.15) is 31.4 Å². The van der Waals surface area contributed by atoms with Crippen LogP contribution in [0.5, 0.6) is 0 Å². The predicted molar refractivity (Wildman–Crippen MR) is 79.3 cm³/mol. The Hall–Kier alpha value is -1.39. The third-order valence-electron chi connectivity index (χ3n) is 4.36. The van der Waals surface area contributed by atoms with Crippen molar-refractivity contribution in [2.45, 2.75) is 38.0 Å². The van der Waals surface area contributed by atoms with Gasteiger partial charge >= 0.3 is 0 Å². The first-order valence-electron chi connectivity index (χ1n) is 7.22. The van der Waals surface area contributed by atoms with Crippen molar-refractivity contribution in [3.63, 3.8) is 0 Å². The lowest BCUT2D eigenvalue weighted by molar-refractivity contribution is -0.138. The van der Waals surface area contributed by atoms with Gasteiger partial charge < -0.3 is 10.0 Å². The molecule has 1 fully saturated rings. The second-order valence-electron chi connectivity index (χ2n) is 5.68. The molecular weight excluding hydrogens is 252 g/mol. The maximum Gasteiger partial charge on any atom is 0.240 e. The van der Waals surface area contributed by atoms with Crippen molar-refractivity contribution in [2.24, 2.45) is 0 Å². The van der Waals surface area contributed by atoms with E-state index in [1.165, 1.54) is 0 Å². The summed E-state index contributed by atoms with van der Waals surface area (Å²) in [5.41, 5.74) is 0.847. The van der Waals surface area contributed by atoms with Crippen LogP contribution in [0, 0.1) is 0 Å². The Balaban J connectivity index is 2.04. The van der Waals surface area contributed by atoms with E-state index in [-0.39, 0.29) is 18.0 Å². The van der Waals surface area contributed by atoms with E-state index in [0.717, 1.165) is 24.9 Å². The van der Waals surface area contributed by atoms with Gasteiger partial charge in [-0.2, -0.15) is 0 Å². The second-order valence-corrected chi connectivity index (χ2v) is 5.68. The molecule has 0 bridgehead atoms. The summed E-state index contributed by atoms with van der Waals surface area (Å²) in [6.07, 6.45) is 1.32. The zero-order valence-electron chi connectivity index (χ0n) is 12.5. The van der Waals surface area contributed by atoms with E-state index in [4.69, 9.17) is 0 Å². The van der Waals surface area contributed by atoms with Gasteiger partial charge in [-0.1, -0.05) is 30.3 Å². The lowest BCUT2D eigenvalue weighted by Gasteiger charge is -2.32. The molecule has 0 spiro atoms. The average Bonchev–Trinajstić information content (AvgIpc) is 2.91. The molecule has 1 aromatic rings. The molecule has 0 radical (unpaired) electrons. The van der Waals surface area contributed by atoms with Crippen LogP contribution in [-0.2, 0) is 4.79 Å². The summed E-state index contributed by atoms with van der Waals surface area (Å²) in [7, 11) is 3.77. The average molecular weight is 276 g/mol. The Morgan fingerprint density at radius 3 is 2.60 bits per heavy atom. The number of hydrogen-bond acceptors (Lipinski definition) is 3. The minimum Gasteiger partial charge on any atom is -0.386 e. The van der Waals surface area contributed by atoms with E-state index >= 15 is 0 Å². The van der Waals surface area contributed by atoms with E-state index in [0.29, 0.717) is 0 Å². The smallest absolute Gasteiger partial charge is 0.240 e. The molecular formula is C16H24N2O2. The molecule has 20 heavy (non-hydrogen) atoms. The second kappa shape index (κ2) is 6.37. The van der Waals surface area contributed by atoms with Gasteiger partial charge in [0, 0.05) is 7.05 Å². The van der Waals surface area contributed by atoms with Crippen LogP contribution in [0.25, 0.3) is 0 Å². The molecule has 1 heterocycles. The van der Waals surface area contributed by atoms with Crippen molar-refractivity contribution < 1.29 is 9.90 Å². The first-order chi connectivity index (χ1) is 9.52. The first-order valence-corrected chi connectivity index (χ1v) is 7.22. The summed E-state index contributed by atoms with van der Waals surface area (Å²) in [6.45, 7) is 2.87. The number of nitrogens with zero attached hydrogens (tertiary/aromatic N) is 2. The minimum atomic E-state index is -0.656. The largest absolute Gasteiger partial charge is 0.386 e. The molecule has 0 saturated carbocycles. The van der Waals surface area contributed by atoms with Crippen molar-refractivity contribution in [2.75, 3.05) is 20.6 Å². The van der Waals surface area contributed by atoms with Crippen molar-refractivity contribution >= 4 is 5.91 Å². The van der Waals surface area contributed by atoms with Crippen molar-refractivity contribution in [3.8, 4) is 0 Å². The lowest BCUT2D eigenvalue weighted by atomic mass is 10.0. The van der Waals surface area contributed by atoms with Crippen LogP contribution >= 0.6 is 0 Å². The number of likely N-dealkylation sites (N-methyl/N-ethyl adjacent to an activating group) is 2. The van der Waals surface area contributed by atoms with Crippen molar-refractivity contribution in [1.29, 1.82) is 0 Å². The Bertz CT molecular complexity index is 449. The van der Waals surface area contributed by atoms with E-state index in [1.54, 1.807) is 11.9 Å². The molecule has 1 aliphatic heterocycles. The molecule has 2 rings (SSSR count). The maximum atomic E-state index is 12.5. The highest BCUT2D eigenvalue weighted by Gasteiger charge is 2.33. The fraction of sp³-hybridized carbons (Fsp3) is 0.562. The van der Waals surface area contributed by atoms with Crippen LogP contribution in [0.2, 0.25) is 0 Å². The molecule has 1 amide bonds. The van der Waals surface area contributed by atoms with Crippen LogP contribution < -0.4 is 0 Å². The normalized spacial score (nSPS) is 22.5. The van der Waals surface area contributed by atoms with E-state index in [2.05, 4.69) is 4.90 Å². The van der Waals surface area contributed by atoms with E-state index in [9.17, 15) is 9.90 Å². The lowest BCUT2D eigenvalue weighted by Crippen LogP contribution is -2.47. The number of carbonyl (C=O) groups is 1. The van der Waals surface area contributed by atoms with Gasteiger partial charge in [-0.3, -0.25) is 9.69 Å². The van der Waals surface area contributed by atoms with Gasteiger partial charge in [0.2, 0.25) is 5.91 Å². The van der Waals surface area contributed by atoms with Gasteiger partial charge in [0.1, 0.15) is 0 Å². The highest BCUT2D eigenvalue weighted by atomic mass is 16.3. The van der Waals surface area contributed by atoms with E-state index < -0.39 is 6.10 Å². The fourth-order valence-electron chi connectivity index (χ4n) is 2.80. The molecule has 1 N–H and O–H groups in total. The van der Waals surface area contributed by atoms with Gasteiger partial charge in [0.25, 0.3) is 0 Å². The summed E-state index contributed by atoms with van der Waals surface area (Å²) in [5, 5.41) is 10.4. The quantitative estimate of drug-likeness (QED) is 0.909. The monoisotopic (exact) mass is 276 g/mol. The topological polar surface area (TPSA) is 43.8 Å². The molecule has 0 aliphatic carbocycles. The molecule has 110 valence electrons. The molecule has 1 aromatic carbocycles. The van der Waals surface area contributed by atoms with E-state index in [1.807, 2.05) is 44.3 Å². The number of aliphatic hydroxyl groups excluding tert-OH is 1. The predicted octanol–water partition coefficient (Wildman–Crippen LogP) is 1.66. The van der Waals surface area contributed by atoms with Gasteiger partial charge in [-0.25, -0.2) is 0 Å². The number of carbonyl (C=O) groups excluding carboxylic acids is 1. The van der Waals surface area contributed by atoms with Gasteiger partial charge in [-0.15, -0.1) is 0 Å². The van der Waals surface area contributed by atoms with Crippen LogP contribution in [0.3, 0.4) is 0 Å². The Labute approximate surface area is 121 Å². The third-order valence-corrected chi connectivity index (χ3v) is 4.36. The van der Waals surface area contributed by atoms with Crippen molar-refractivity contribution in [3.05, 3.63) is 35.9 Å². The summed E-state index contributed by atoms with van der Waals surface area (Å²) < 4.78 is 0. The molecule has 0 unspecified atom stereocenters. The highest BCUT2D eigenvalue weighted by molar-refractivity contribution is 5.82. The molecule has 4 nitrogen and oxygen atoms in total. The summed E-state index contributed by atoms with van der Waals surface area (Å²) in [5.74, 6) is 0.104. The number of rotatable bonds is 4. The van der Waals surface area contributed by atoms with Gasteiger partial charge in [-0.05, 0) is 38.9 Å². The number of likely N-dealkylation sites (tertiary alicyclic amines) is 1. The zero-order chi connectivity index (χ0) is 14.7. The molecule has 1 aliphatic rings. The molecule has 4 heteroatoms. The molecule has 0 aromatic heterocycles.